The molecule has 0 heterocycles. The molecule has 0 aliphatic rings. The van der Waals surface area contributed by atoms with Crippen LogP contribution in [-0.4, -0.2) is 143 Å². The highest BCUT2D eigenvalue weighted by Gasteiger charge is 1.92. The fraction of sp³-hybridized carbons (Fsp3) is 1.00. The van der Waals surface area contributed by atoms with Crippen LogP contribution in [0.15, 0.2) is 0 Å². The summed E-state index contributed by atoms with van der Waals surface area (Å²) in [5.41, 5.74) is 14.3. The Morgan fingerprint density at radius 1 is 0.486 bits per heavy atom. The average molecular weight is 559 g/mol. The van der Waals surface area contributed by atoms with Crippen molar-refractivity contribution in [3.8, 4) is 0 Å². The molecule has 0 amide bonds. The van der Waals surface area contributed by atoms with Crippen molar-refractivity contribution >= 4 is 0 Å². The monoisotopic (exact) mass is 558 g/mol. The first-order chi connectivity index (χ1) is 17.7. The van der Waals surface area contributed by atoms with E-state index in [0.717, 1.165) is 25.9 Å². The van der Waals surface area contributed by atoms with Gasteiger partial charge in [-0.25, -0.2) is 11.0 Å². The Kier molecular flexibility index (Phi) is 57.0. The van der Waals surface area contributed by atoms with Crippen molar-refractivity contribution in [1.29, 1.82) is 0 Å². The molecule has 0 saturated heterocycles. The van der Waals surface area contributed by atoms with Gasteiger partial charge in [0.05, 0.1) is 92.5 Å². The predicted molar refractivity (Wildman–Crippen MR) is 151 cm³/mol. The molecule has 0 fully saturated rings. The second-order valence-corrected chi connectivity index (χ2v) is 6.76. The lowest BCUT2D eigenvalue weighted by Crippen LogP contribution is -2.17. The molecule has 0 saturated carbocycles. The van der Waals surface area contributed by atoms with Crippen molar-refractivity contribution in [3.63, 3.8) is 0 Å². The van der Waals surface area contributed by atoms with Gasteiger partial charge >= 0.3 is 0 Å². The van der Waals surface area contributed by atoms with Crippen molar-refractivity contribution < 1.29 is 54.0 Å². The third-order valence-electron chi connectivity index (χ3n) is 3.73. The summed E-state index contributed by atoms with van der Waals surface area (Å²) in [7, 11) is 3.27. The van der Waals surface area contributed by atoms with Crippen LogP contribution in [0.1, 0.15) is 26.0 Å². The van der Waals surface area contributed by atoms with Gasteiger partial charge in [-0.2, -0.15) is 0 Å². The largest absolute Gasteiger partial charge is 0.382 e. The van der Waals surface area contributed by atoms with Gasteiger partial charge in [-0.05, 0) is 25.9 Å². The van der Waals surface area contributed by atoms with Gasteiger partial charge in [0, 0.05) is 33.0 Å². The molecule has 0 aromatic carbocycles. The Morgan fingerprint density at radius 3 is 0.946 bits per heavy atom. The van der Waals surface area contributed by atoms with E-state index in [4.69, 9.17) is 59.8 Å². The summed E-state index contributed by atoms with van der Waals surface area (Å²) in [6, 6.07) is 0. The van der Waals surface area contributed by atoms with Crippen molar-refractivity contribution in [2.75, 3.05) is 133 Å². The standard InChI is InChI=1S/2C9H21NO5.C4H12N2.CH4.4H2/c2*1-12-4-5-14-8-9-15-7-6-13-3-2-10-11;5-3-1-2-4-6;;;;;/h2*10-11H,2-9H2,1H3;1-6H2;1H4;4*1H. The van der Waals surface area contributed by atoms with Crippen molar-refractivity contribution in [2.45, 2.75) is 20.3 Å². The summed E-state index contributed by atoms with van der Waals surface area (Å²) < 4.78 is 40.7. The Morgan fingerprint density at radius 2 is 0.730 bits per heavy atom. The van der Waals surface area contributed by atoms with Gasteiger partial charge in [-0.3, -0.25) is 0 Å². The number of rotatable bonds is 27. The second-order valence-electron chi connectivity index (χ2n) is 6.76. The lowest BCUT2D eigenvalue weighted by Gasteiger charge is -2.06. The fourth-order valence-corrected chi connectivity index (χ4v) is 1.89. The summed E-state index contributed by atoms with van der Waals surface area (Å²) in [6.07, 6.45) is 2.13. The third-order valence-corrected chi connectivity index (χ3v) is 3.73. The molecule has 14 heteroatoms. The zero-order valence-electron chi connectivity index (χ0n) is 22.5. The molecule has 0 radical (unpaired) electrons. The number of nitrogens with two attached hydrogens (primary N) is 2. The first-order valence-electron chi connectivity index (χ1n) is 12.3. The van der Waals surface area contributed by atoms with Crippen molar-refractivity contribution in [2.24, 2.45) is 11.5 Å². The molecule has 14 nitrogen and oxygen atoms in total. The molecule has 0 aromatic heterocycles. The van der Waals surface area contributed by atoms with Gasteiger partial charge in [0.15, 0.2) is 0 Å². The van der Waals surface area contributed by atoms with E-state index in [1.165, 1.54) is 0 Å². The minimum absolute atomic E-state index is 0. The van der Waals surface area contributed by atoms with Crippen LogP contribution in [0, 0.1) is 0 Å². The van der Waals surface area contributed by atoms with Gasteiger partial charge in [0.1, 0.15) is 0 Å². The smallest absolute Gasteiger partial charge is 0.0701 e. The first-order valence-corrected chi connectivity index (χ1v) is 12.3. The molecular weight excluding hydrogens is 492 g/mol. The quantitative estimate of drug-likeness (QED) is 0.0607. The molecular formula is C23H66N4O10. The number of methoxy groups -OCH3 is 2. The van der Waals surface area contributed by atoms with Crippen LogP contribution < -0.4 is 22.4 Å². The maximum atomic E-state index is 8.22. The van der Waals surface area contributed by atoms with Crippen LogP contribution in [-0.2, 0) is 37.9 Å². The fourth-order valence-electron chi connectivity index (χ4n) is 1.89. The number of unbranched alkanes of at least 4 members (excludes halogenated alkanes) is 1. The van der Waals surface area contributed by atoms with Crippen LogP contribution in [0.25, 0.3) is 0 Å². The highest BCUT2D eigenvalue weighted by Crippen LogP contribution is 1.82. The van der Waals surface area contributed by atoms with E-state index in [2.05, 4.69) is 0 Å². The molecule has 0 aliphatic carbocycles. The van der Waals surface area contributed by atoms with Crippen LogP contribution in [0.4, 0.5) is 0 Å². The predicted octanol–water partition coefficient (Wildman–Crippen LogP) is 0.627. The maximum Gasteiger partial charge on any atom is 0.0701 e. The van der Waals surface area contributed by atoms with Gasteiger partial charge in [-0.1, -0.05) is 7.43 Å². The third kappa shape index (κ3) is 56.7. The molecule has 0 bridgehead atoms. The Bertz CT molecular complexity index is 307. The number of hydrogen-bond acceptors (Lipinski definition) is 14. The minimum atomic E-state index is 0. The topological polar surface area (TPSA) is 190 Å². The van der Waals surface area contributed by atoms with Crippen molar-refractivity contribution in [3.05, 3.63) is 0 Å². The Hall–Kier alpha value is -0.560. The highest BCUT2D eigenvalue weighted by atomic mass is 16.6. The first kappa shape index (κ1) is 43.5. The van der Waals surface area contributed by atoms with Crippen LogP contribution >= 0.6 is 0 Å². The number of hydroxylamine groups is 2. The van der Waals surface area contributed by atoms with E-state index in [0.29, 0.717) is 106 Å². The molecule has 0 aromatic rings. The molecule has 8 N–H and O–H groups in total. The lowest BCUT2D eigenvalue weighted by atomic mass is 10.3. The molecule has 0 aliphatic heterocycles. The van der Waals surface area contributed by atoms with Gasteiger partial charge in [0.2, 0.25) is 0 Å². The van der Waals surface area contributed by atoms with E-state index in [-0.39, 0.29) is 13.1 Å². The van der Waals surface area contributed by atoms with E-state index in [9.17, 15) is 0 Å². The molecule has 0 rings (SSSR count). The molecule has 37 heavy (non-hydrogen) atoms. The highest BCUT2D eigenvalue weighted by molar-refractivity contribution is 4.38. The summed E-state index contributed by atoms with van der Waals surface area (Å²) in [5, 5.41) is 16.4. The Balaban J connectivity index is -0.0000000671. The summed E-state index contributed by atoms with van der Waals surface area (Å²) in [6.45, 7) is 10.2. The van der Waals surface area contributed by atoms with E-state index < -0.39 is 0 Å². The maximum absolute atomic E-state index is 8.22. The number of ether oxygens (including phenoxy) is 8. The van der Waals surface area contributed by atoms with Crippen LogP contribution in [0.2, 0.25) is 0 Å². The minimum Gasteiger partial charge on any atom is -0.382 e. The summed E-state index contributed by atoms with van der Waals surface area (Å²) in [5.74, 6) is 0. The zero-order valence-corrected chi connectivity index (χ0v) is 22.5. The zero-order chi connectivity index (χ0) is 27.2. The van der Waals surface area contributed by atoms with E-state index in [1.54, 1.807) is 14.2 Å². The molecule has 238 valence electrons. The van der Waals surface area contributed by atoms with E-state index >= 15 is 0 Å². The normalized spacial score (nSPS) is 10.2. The van der Waals surface area contributed by atoms with Gasteiger partial charge in [-0.15, -0.1) is 0 Å². The van der Waals surface area contributed by atoms with Gasteiger partial charge < -0.3 is 59.8 Å². The van der Waals surface area contributed by atoms with Crippen LogP contribution in [0.5, 0.6) is 0 Å². The molecule has 0 spiro atoms. The SMILES string of the molecule is C.COCCOCCOCCOCCNO.COCCOCCOCCOCCNO.NCCCCN.[HH].[HH].[HH].[HH]. The lowest BCUT2D eigenvalue weighted by molar-refractivity contribution is 0.000999. The molecule has 0 atom stereocenters. The molecule has 0 unspecified atom stereocenters. The Labute approximate surface area is 230 Å². The van der Waals surface area contributed by atoms with Gasteiger partial charge in [0.25, 0.3) is 0 Å². The van der Waals surface area contributed by atoms with E-state index in [1.807, 2.05) is 11.0 Å². The number of nitrogens with one attached hydrogen (secondary N) is 2. The summed E-state index contributed by atoms with van der Waals surface area (Å²) >= 11 is 0. The van der Waals surface area contributed by atoms with Crippen LogP contribution in [0.3, 0.4) is 0 Å². The average Bonchev–Trinajstić information content (AvgIpc) is 2.90. The van der Waals surface area contributed by atoms with Crippen molar-refractivity contribution in [1.82, 2.24) is 11.0 Å². The summed E-state index contributed by atoms with van der Waals surface area (Å²) in [4.78, 5) is 0. The number of hydrogen-bond donors (Lipinski definition) is 6. The second kappa shape index (κ2) is 48.5.